The summed E-state index contributed by atoms with van der Waals surface area (Å²) in [6.45, 7) is 3.95. The van der Waals surface area contributed by atoms with Gasteiger partial charge >= 0.3 is 0 Å². The van der Waals surface area contributed by atoms with Crippen molar-refractivity contribution in [2.75, 3.05) is 23.6 Å². The molecule has 1 atom stereocenters. The fraction of sp³-hybridized carbons (Fsp3) is 0.400. The second kappa shape index (κ2) is 4.90. The van der Waals surface area contributed by atoms with Gasteiger partial charge in [0.25, 0.3) is 0 Å². The molecule has 1 aliphatic rings. The standard InChI is InChI=1S/C10H14NOPS/c1-2-12-10-5-3-9(4-6-10)11-7-8-14-13-11/h3-6,13H,2,7-8H2,1H3/p+1. The first-order valence-corrected chi connectivity index (χ1v) is 7.82. The predicted octanol–water partition coefficient (Wildman–Crippen LogP) is 2.88. The molecule has 0 aliphatic carbocycles. The molecule has 1 aromatic rings. The molecule has 0 saturated carbocycles. The lowest BCUT2D eigenvalue weighted by Crippen LogP contribution is -2.08. The van der Waals surface area contributed by atoms with Gasteiger partial charge in [-0.15, -0.1) is 0 Å². The molecule has 1 saturated heterocycles. The van der Waals surface area contributed by atoms with Crippen molar-refractivity contribution in [1.82, 2.24) is 0 Å². The normalized spacial score (nSPS) is 17.6. The summed E-state index contributed by atoms with van der Waals surface area (Å²) in [5.41, 5.74) is 1.34. The highest BCUT2D eigenvalue weighted by Crippen LogP contribution is 2.43. The number of nitrogens with zero attached hydrogens (tertiary/aromatic N) is 1. The molecular formula is C10H15NOPS+. The number of anilines is 1. The zero-order valence-electron chi connectivity index (χ0n) is 8.27. The maximum absolute atomic E-state index is 5.41. The van der Waals surface area contributed by atoms with Crippen LogP contribution in [0.3, 0.4) is 0 Å². The van der Waals surface area contributed by atoms with Crippen molar-refractivity contribution in [2.45, 2.75) is 6.92 Å². The molecule has 0 N–H and O–H groups in total. The third-order valence-electron chi connectivity index (χ3n) is 2.13. The minimum Gasteiger partial charge on any atom is -0.494 e. The highest BCUT2D eigenvalue weighted by Gasteiger charge is 2.19. The Hall–Kier alpha value is -0.400. The van der Waals surface area contributed by atoms with Gasteiger partial charge in [-0.25, -0.2) is 4.67 Å². The van der Waals surface area contributed by atoms with Gasteiger partial charge in [0.15, 0.2) is 0 Å². The van der Waals surface area contributed by atoms with Crippen LogP contribution in [0.5, 0.6) is 5.75 Å². The van der Waals surface area contributed by atoms with Crippen LogP contribution in [0.2, 0.25) is 0 Å². The molecule has 0 spiro atoms. The molecule has 0 aromatic heterocycles. The van der Waals surface area contributed by atoms with Gasteiger partial charge in [-0.2, -0.15) is 0 Å². The molecule has 1 aliphatic heterocycles. The first kappa shape index (κ1) is 10.1. The van der Waals surface area contributed by atoms with Gasteiger partial charge < -0.3 is 4.74 Å². The van der Waals surface area contributed by atoms with Gasteiger partial charge in [-0.3, -0.25) is 0 Å². The summed E-state index contributed by atoms with van der Waals surface area (Å²) in [7, 11) is 0.414. The van der Waals surface area contributed by atoms with Crippen LogP contribution in [0.4, 0.5) is 5.69 Å². The number of benzene rings is 1. The second-order valence-electron chi connectivity index (χ2n) is 3.10. The van der Waals surface area contributed by atoms with Crippen LogP contribution in [0.1, 0.15) is 6.92 Å². The molecule has 0 bridgehead atoms. The largest absolute Gasteiger partial charge is 0.494 e. The van der Waals surface area contributed by atoms with Crippen molar-refractivity contribution < 1.29 is 4.74 Å². The molecule has 0 radical (unpaired) electrons. The lowest BCUT2D eigenvalue weighted by Gasteiger charge is -2.10. The van der Waals surface area contributed by atoms with Crippen LogP contribution < -0.4 is 9.41 Å². The highest BCUT2D eigenvalue weighted by molar-refractivity contribution is 8.50. The molecule has 2 nitrogen and oxygen atoms in total. The van der Waals surface area contributed by atoms with Crippen molar-refractivity contribution in [3.05, 3.63) is 24.3 Å². The van der Waals surface area contributed by atoms with Gasteiger partial charge in [0.05, 0.1) is 24.6 Å². The Balaban J connectivity index is 2.05. The first-order chi connectivity index (χ1) is 6.90. The Bertz CT molecular complexity index is 285. The quantitative estimate of drug-likeness (QED) is 0.738. The molecule has 1 fully saturated rings. The number of hydrogen-bond donors (Lipinski definition) is 0. The molecular weight excluding hydrogens is 213 g/mol. The summed E-state index contributed by atoms with van der Waals surface area (Å²) in [5, 5.41) is 0. The van der Waals surface area contributed by atoms with Crippen LogP contribution >= 0.6 is 19.3 Å². The van der Waals surface area contributed by atoms with E-state index in [2.05, 4.69) is 40.3 Å². The Kier molecular flexibility index (Phi) is 3.55. The van der Waals surface area contributed by atoms with Crippen LogP contribution in [0, 0.1) is 0 Å². The number of ether oxygens (including phenoxy) is 1. The van der Waals surface area contributed by atoms with E-state index in [0.29, 0.717) is 7.93 Å². The third-order valence-corrected chi connectivity index (χ3v) is 5.43. The Morgan fingerprint density at radius 1 is 1.43 bits per heavy atom. The maximum Gasteiger partial charge on any atom is 0.138 e. The lowest BCUT2D eigenvalue weighted by molar-refractivity contribution is 0.340. The fourth-order valence-corrected chi connectivity index (χ4v) is 4.59. The predicted molar refractivity (Wildman–Crippen MR) is 67.1 cm³/mol. The minimum atomic E-state index is 0.414. The molecule has 4 heteroatoms. The van der Waals surface area contributed by atoms with Gasteiger partial charge in [-0.05, 0) is 31.2 Å². The molecule has 76 valence electrons. The van der Waals surface area contributed by atoms with E-state index >= 15 is 0 Å². The SMILES string of the molecule is CCOc1ccc(N2CCS[PH2+]2)cc1. The molecule has 1 heterocycles. The van der Waals surface area contributed by atoms with Crippen LogP contribution in [-0.4, -0.2) is 18.9 Å². The Labute approximate surface area is 90.6 Å². The smallest absolute Gasteiger partial charge is 0.138 e. The molecule has 0 amide bonds. The molecule has 2 rings (SSSR count). The average molecular weight is 228 g/mol. The van der Waals surface area contributed by atoms with Gasteiger partial charge in [-0.1, -0.05) is 0 Å². The third kappa shape index (κ3) is 2.34. The summed E-state index contributed by atoms with van der Waals surface area (Å²) in [5.74, 6) is 2.25. The van der Waals surface area contributed by atoms with Gasteiger partial charge in [0.2, 0.25) is 0 Å². The average Bonchev–Trinajstić information content (AvgIpc) is 2.72. The van der Waals surface area contributed by atoms with E-state index in [-0.39, 0.29) is 0 Å². The summed E-state index contributed by atoms with van der Waals surface area (Å²) in [4.78, 5) is 0. The number of hydrogen-bond acceptors (Lipinski definition) is 3. The van der Waals surface area contributed by atoms with Crippen molar-refractivity contribution in [3.8, 4) is 5.75 Å². The second-order valence-corrected chi connectivity index (χ2v) is 6.30. The van der Waals surface area contributed by atoms with Crippen molar-refractivity contribution in [1.29, 1.82) is 0 Å². The van der Waals surface area contributed by atoms with E-state index in [4.69, 9.17) is 4.74 Å². The monoisotopic (exact) mass is 228 g/mol. The summed E-state index contributed by atoms with van der Waals surface area (Å²) in [6, 6.07) is 8.43. The van der Waals surface area contributed by atoms with Crippen LogP contribution in [0.15, 0.2) is 24.3 Å². The van der Waals surface area contributed by atoms with Crippen molar-refractivity contribution in [3.63, 3.8) is 0 Å². The maximum atomic E-state index is 5.41. The zero-order valence-corrected chi connectivity index (χ0v) is 10.2. The molecule has 1 unspecified atom stereocenters. The van der Waals surface area contributed by atoms with Crippen LogP contribution in [0.25, 0.3) is 0 Å². The van der Waals surface area contributed by atoms with E-state index in [1.165, 1.54) is 18.0 Å². The van der Waals surface area contributed by atoms with E-state index in [1.807, 2.05) is 6.92 Å². The van der Waals surface area contributed by atoms with E-state index in [0.717, 1.165) is 12.4 Å². The summed E-state index contributed by atoms with van der Waals surface area (Å²) >= 11 is 2.07. The lowest BCUT2D eigenvalue weighted by atomic mass is 10.3. The Morgan fingerprint density at radius 3 is 2.79 bits per heavy atom. The first-order valence-electron chi connectivity index (χ1n) is 4.84. The summed E-state index contributed by atoms with van der Waals surface area (Å²) < 4.78 is 7.88. The van der Waals surface area contributed by atoms with Crippen molar-refractivity contribution >= 4 is 25.0 Å². The topological polar surface area (TPSA) is 12.5 Å². The van der Waals surface area contributed by atoms with Gasteiger partial charge in [0, 0.05) is 11.4 Å². The highest BCUT2D eigenvalue weighted by atomic mass is 32.7. The molecule has 14 heavy (non-hydrogen) atoms. The minimum absolute atomic E-state index is 0.414. The van der Waals surface area contributed by atoms with Crippen molar-refractivity contribution in [2.24, 2.45) is 0 Å². The fourth-order valence-electron chi connectivity index (χ4n) is 1.44. The summed E-state index contributed by atoms with van der Waals surface area (Å²) in [6.07, 6.45) is 0. The van der Waals surface area contributed by atoms with Gasteiger partial charge in [0.1, 0.15) is 13.7 Å². The van der Waals surface area contributed by atoms with E-state index in [1.54, 1.807) is 0 Å². The Morgan fingerprint density at radius 2 is 2.21 bits per heavy atom. The molecule has 1 aromatic carbocycles. The van der Waals surface area contributed by atoms with E-state index < -0.39 is 0 Å². The zero-order chi connectivity index (χ0) is 9.80. The van der Waals surface area contributed by atoms with E-state index in [9.17, 15) is 0 Å². The number of rotatable bonds is 3. The van der Waals surface area contributed by atoms with Crippen LogP contribution in [-0.2, 0) is 0 Å².